The van der Waals surface area contributed by atoms with E-state index in [1.54, 1.807) is 7.11 Å². The van der Waals surface area contributed by atoms with Crippen LogP contribution >= 0.6 is 0 Å². The van der Waals surface area contributed by atoms with Crippen LogP contribution in [0.1, 0.15) is 37.3 Å². The zero-order valence-electron chi connectivity index (χ0n) is 10.5. The summed E-state index contributed by atoms with van der Waals surface area (Å²) in [7, 11) is 1.68. The number of hydrogen-bond donors (Lipinski definition) is 1. The summed E-state index contributed by atoms with van der Waals surface area (Å²) in [6, 6.07) is 6.11. The number of aryl methyl sites for hydroxylation is 2. The lowest BCUT2D eigenvalue weighted by Gasteiger charge is -2.11. The highest BCUT2D eigenvalue weighted by atomic mass is 16.5. The zero-order chi connectivity index (χ0) is 12.0. The van der Waals surface area contributed by atoms with Crippen molar-refractivity contribution in [2.75, 3.05) is 7.11 Å². The normalized spacial score (nSPS) is 12.5. The monoisotopic (exact) mass is 222 g/mol. The minimum atomic E-state index is -0.161. The van der Waals surface area contributed by atoms with Gasteiger partial charge in [0.15, 0.2) is 0 Å². The maximum Gasteiger partial charge on any atom is 0.119 e. The molecule has 1 aromatic carbocycles. The number of ether oxygens (including phenoxy) is 1. The molecule has 90 valence electrons. The molecule has 0 bridgehead atoms. The predicted molar refractivity (Wildman–Crippen MR) is 67.0 cm³/mol. The molecule has 2 nitrogen and oxygen atoms in total. The molecule has 0 saturated heterocycles. The third-order valence-corrected chi connectivity index (χ3v) is 2.92. The van der Waals surface area contributed by atoms with Gasteiger partial charge in [0.2, 0.25) is 0 Å². The van der Waals surface area contributed by atoms with Crippen LogP contribution in [0.15, 0.2) is 18.2 Å². The Morgan fingerprint density at radius 2 is 2.06 bits per heavy atom. The van der Waals surface area contributed by atoms with Gasteiger partial charge in [-0.25, -0.2) is 0 Å². The Balaban J connectivity index is 2.54. The van der Waals surface area contributed by atoms with E-state index in [1.165, 1.54) is 11.1 Å². The average molecular weight is 222 g/mol. The van der Waals surface area contributed by atoms with Gasteiger partial charge in [0.05, 0.1) is 13.2 Å². The third kappa shape index (κ3) is 3.86. The van der Waals surface area contributed by atoms with Crippen LogP contribution in [0.5, 0.6) is 5.75 Å². The van der Waals surface area contributed by atoms with Crippen LogP contribution in [0.25, 0.3) is 0 Å². The molecule has 1 aromatic rings. The molecule has 1 N–H and O–H groups in total. The Morgan fingerprint density at radius 3 is 2.62 bits per heavy atom. The number of aliphatic hydroxyl groups excluding tert-OH is 1. The molecule has 0 aliphatic heterocycles. The standard InChI is InChI=1S/C14H22O2/c1-4-5-13(15)8-6-12-7-9-14(16-3)10-11(12)2/h7,9-10,13,15H,4-6,8H2,1-3H3. The van der Waals surface area contributed by atoms with Crippen molar-refractivity contribution in [2.45, 2.75) is 45.6 Å². The summed E-state index contributed by atoms with van der Waals surface area (Å²) >= 11 is 0. The Hall–Kier alpha value is -1.02. The van der Waals surface area contributed by atoms with Gasteiger partial charge in [0, 0.05) is 0 Å². The topological polar surface area (TPSA) is 29.5 Å². The SMILES string of the molecule is CCCC(O)CCc1ccc(OC)cc1C. The van der Waals surface area contributed by atoms with E-state index in [1.807, 2.05) is 12.1 Å². The highest BCUT2D eigenvalue weighted by molar-refractivity contribution is 5.34. The minimum absolute atomic E-state index is 0.161. The summed E-state index contributed by atoms with van der Waals surface area (Å²) in [5.41, 5.74) is 2.54. The van der Waals surface area contributed by atoms with Crippen LogP contribution < -0.4 is 4.74 Å². The van der Waals surface area contributed by atoms with Gasteiger partial charge < -0.3 is 9.84 Å². The molecule has 0 spiro atoms. The highest BCUT2D eigenvalue weighted by Crippen LogP contribution is 2.19. The third-order valence-electron chi connectivity index (χ3n) is 2.92. The Labute approximate surface area is 98.3 Å². The Bertz CT molecular complexity index is 321. The van der Waals surface area contributed by atoms with Crippen molar-refractivity contribution in [3.8, 4) is 5.75 Å². The number of aliphatic hydroxyl groups is 1. The maximum absolute atomic E-state index is 9.68. The highest BCUT2D eigenvalue weighted by Gasteiger charge is 2.05. The predicted octanol–water partition coefficient (Wildman–Crippen LogP) is 3.10. The summed E-state index contributed by atoms with van der Waals surface area (Å²) in [6.07, 6.45) is 3.57. The van der Waals surface area contributed by atoms with Crippen LogP contribution in [0, 0.1) is 6.92 Å². The number of rotatable bonds is 6. The first-order valence-electron chi connectivity index (χ1n) is 5.99. The molecule has 0 fully saturated rings. The van der Waals surface area contributed by atoms with E-state index < -0.39 is 0 Å². The molecule has 0 radical (unpaired) electrons. The first kappa shape index (κ1) is 13.0. The van der Waals surface area contributed by atoms with E-state index in [0.29, 0.717) is 0 Å². The quantitative estimate of drug-likeness (QED) is 0.801. The Morgan fingerprint density at radius 1 is 1.31 bits per heavy atom. The van der Waals surface area contributed by atoms with Gasteiger partial charge >= 0.3 is 0 Å². The summed E-state index contributed by atoms with van der Waals surface area (Å²) < 4.78 is 5.16. The van der Waals surface area contributed by atoms with Gasteiger partial charge in [0.25, 0.3) is 0 Å². The fourth-order valence-corrected chi connectivity index (χ4v) is 1.88. The van der Waals surface area contributed by atoms with Crippen molar-refractivity contribution in [3.05, 3.63) is 29.3 Å². The van der Waals surface area contributed by atoms with Gasteiger partial charge in [-0.05, 0) is 49.4 Å². The fraction of sp³-hybridized carbons (Fsp3) is 0.571. The van der Waals surface area contributed by atoms with Crippen LogP contribution in [0.4, 0.5) is 0 Å². The molecular weight excluding hydrogens is 200 g/mol. The first-order valence-corrected chi connectivity index (χ1v) is 5.99. The lowest BCUT2D eigenvalue weighted by atomic mass is 10.0. The van der Waals surface area contributed by atoms with E-state index in [9.17, 15) is 5.11 Å². The molecule has 1 atom stereocenters. The summed E-state index contributed by atoms with van der Waals surface area (Å²) in [5, 5.41) is 9.68. The van der Waals surface area contributed by atoms with Crippen molar-refractivity contribution < 1.29 is 9.84 Å². The van der Waals surface area contributed by atoms with Crippen molar-refractivity contribution in [1.29, 1.82) is 0 Å². The van der Waals surface area contributed by atoms with Gasteiger partial charge in [-0.3, -0.25) is 0 Å². The Kier molecular flexibility index (Phi) is 5.33. The van der Waals surface area contributed by atoms with Crippen molar-refractivity contribution in [2.24, 2.45) is 0 Å². The van der Waals surface area contributed by atoms with Crippen LogP contribution in [0.3, 0.4) is 0 Å². The van der Waals surface area contributed by atoms with Crippen molar-refractivity contribution in [1.82, 2.24) is 0 Å². The minimum Gasteiger partial charge on any atom is -0.497 e. The number of benzene rings is 1. The van der Waals surface area contributed by atoms with Gasteiger partial charge in [0.1, 0.15) is 5.75 Å². The van der Waals surface area contributed by atoms with Crippen LogP contribution in [-0.4, -0.2) is 18.3 Å². The summed E-state index contributed by atoms with van der Waals surface area (Å²) in [5.74, 6) is 0.898. The lowest BCUT2D eigenvalue weighted by Crippen LogP contribution is -2.07. The molecule has 0 heterocycles. The second kappa shape index (κ2) is 6.54. The smallest absolute Gasteiger partial charge is 0.119 e. The van der Waals surface area contributed by atoms with Gasteiger partial charge in [-0.2, -0.15) is 0 Å². The average Bonchev–Trinajstić information content (AvgIpc) is 2.27. The molecular formula is C14H22O2. The molecule has 0 saturated carbocycles. The largest absolute Gasteiger partial charge is 0.497 e. The maximum atomic E-state index is 9.68. The summed E-state index contributed by atoms with van der Waals surface area (Å²) in [6.45, 7) is 4.19. The zero-order valence-corrected chi connectivity index (χ0v) is 10.5. The molecule has 2 heteroatoms. The van der Waals surface area contributed by atoms with Crippen LogP contribution in [0.2, 0.25) is 0 Å². The van der Waals surface area contributed by atoms with E-state index in [-0.39, 0.29) is 6.10 Å². The number of hydrogen-bond acceptors (Lipinski definition) is 2. The lowest BCUT2D eigenvalue weighted by molar-refractivity contribution is 0.154. The summed E-state index contributed by atoms with van der Waals surface area (Å²) in [4.78, 5) is 0. The first-order chi connectivity index (χ1) is 7.67. The second-order valence-corrected chi connectivity index (χ2v) is 4.27. The fourth-order valence-electron chi connectivity index (χ4n) is 1.88. The molecule has 1 rings (SSSR count). The van der Waals surface area contributed by atoms with Gasteiger partial charge in [-0.15, -0.1) is 0 Å². The number of methoxy groups -OCH3 is 1. The molecule has 0 aromatic heterocycles. The molecule has 0 aliphatic rings. The molecule has 0 aliphatic carbocycles. The molecule has 1 unspecified atom stereocenters. The second-order valence-electron chi connectivity index (χ2n) is 4.27. The van der Waals surface area contributed by atoms with E-state index in [4.69, 9.17) is 4.74 Å². The van der Waals surface area contributed by atoms with E-state index in [0.717, 1.165) is 31.4 Å². The van der Waals surface area contributed by atoms with Gasteiger partial charge in [-0.1, -0.05) is 19.4 Å². The van der Waals surface area contributed by atoms with Crippen molar-refractivity contribution in [3.63, 3.8) is 0 Å². The molecule has 16 heavy (non-hydrogen) atoms. The van der Waals surface area contributed by atoms with E-state index >= 15 is 0 Å². The van der Waals surface area contributed by atoms with E-state index in [2.05, 4.69) is 19.9 Å². The molecule has 0 amide bonds. The van der Waals surface area contributed by atoms with Crippen molar-refractivity contribution >= 4 is 0 Å². The van der Waals surface area contributed by atoms with Crippen LogP contribution in [-0.2, 0) is 6.42 Å².